The minimum atomic E-state index is -3.90. The van der Waals surface area contributed by atoms with Crippen molar-refractivity contribution in [3.05, 3.63) is 83.4 Å². The predicted octanol–water partition coefficient (Wildman–Crippen LogP) is 3.23. The molecule has 0 spiro atoms. The number of halogens is 1. The quantitative estimate of drug-likeness (QED) is 0.400. The van der Waals surface area contributed by atoms with E-state index in [2.05, 4.69) is 4.98 Å². The third-order valence-corrected chi connectivity index (χ3v) is 5.98. The first-order valence-corrected chi connectivity index (χ1v) is 9.47. The minimum absolute atomic E-state index is 0.119. The van der Waals surface area contributed by atoms with Crippen LogP contribution in [0, 0.1) is 5.21 Å². The molecule has 0 aliphatic heterocycles. The molecule has 8 heteroatoms. The van der Waals surface area contributed by atoms with Crippen LogP contribution in [0.1, 0.15) is 0 Å². The number of benzene rings is 1. The van der Waals surface area contributed by atoms with Gasteiger partial charge in [-0.2, -0.15) is 4.73 Å². The topological polar surface area (TPSA) is 78.9 Å². The largest absolute Gasteiger partial charge is 0.618 e. The van der Waals surface area contributed by atoms with Crippen molar-refractivity contribution in [2.75, 3.05) is 0 Å². The van der Waals surface area contributed by atoms with Crippen LogP contribution in [0.3, 0.4) is 0 Å². The van der Waals surface area contributed by atoms with Crippen molar-refractivity contribution in [3.63, 3.8) is 0 Å². The van der Waals surface area contributed by atoms with Gasteiger partial charge in [0.2, 0.25) is 5.69 Å². The molecule has 0 fully saturated rings. The Labute approximate surface area is 154 Å². The lowest BCUT2D eigenvalue weighted by Crippen LogP contribution is -2.27. The van der Waals surface area contributed by atoms with E-state index in [1.165, 1.54) is 30.7 Å². The number of hydrogen-bond donors (Lipinski definition) is 0. The zero-order valence-corrected chi connectivity index (χ0v) is 14.9. The molecule has 0 aliphatic rings. The van der Waals surface area contributed by atoms with Gasteiger partial charge in [-0.05, 0) is 24.3 Å². The van der Waals surface area contributed by atoms with E-state index in [1.807, 2.05) is 0 Å². The molecule has 0 bridgehead atoms. The Bertz CT molecular complexity index is 1220. The van der Waals surface area contributed by atoms with Gasteiger partial charge in [0.1, 0.15) is 0 Å². The maximum Gasteiger partial charge on any atom is 0.269 e. The van der Waals surface area contributed by atoms with Gasteiger partial charge in [0.05, 0.1) is 20.9 Å². The van der Waals surface area contributed by atoms with E-state index in [-0.39, 0.29) is 16.2 Å². The molecule has 0 amide bonds. The Morgan fingerprint density at radius 2 is 1.77 bits per heavy atom. The zero-order valence-electron chi connectivity index (χ0n) is 13.3. The molecule has 6 nitrogen and oxygen atoms in total. The van der Waals surface area contributed by atoms with Crippen LogP contribution >= 0.6 is 11.6 Å². The summed E-state index contributed by atoms with van der Waals surface area (Å²) in [5, 5.41) is 12.9. The van der Waals surface area contributed by atoms with Gasteiger partial charge in [0.15, 0.2) is 11.8 Å². The molecular weight excluding hydrogens is 374 g/mol. The Morgan fingerprint density at radius 3 is 2.50 bits per heavy atom. The molecule has 26 heavy (non-hydrogen) atoms. The number of rotatable bonds is 3. The molecule has 0 saturated carbocycles. The average molecular weight is 386 g/mol. The van der Waals surface area contributed by atoms with Gasteiger partial charge in [0, 0.05) is 24.5 Å². The smallest absolute Gasteiger partial charge is 0.269 e. The number of fused-ring (bicyclic) bond motifs is 1. The van der Waals surface area contributed by atoms with E-state index >= 15 is 0 Å². The Balaban J connectivity index is 2.08. The Kier molecular flexibility index (Phi) is 3.90. The monoisotopic (exact) mass is 385 g/mol. The molecule has 0 atom stereocenters. The molecule has 4 rings (SSSR count). The third kappa shape index (κ3) is 2.53. The normalized spacial score (nSPS) is 11.7. The van der Waals surface area contributed by atoms with Crippen LogP contribution in [-0.4, -0.2) is 17.4 Å². The molecule has 4 aromatic rings. The lowest BCUT2D eigenvalue weighted by Gasteiger charge is -2.06. The van der Waals surface area contributed by atoms with Gasteiger partial charge in [-0.15, -0.1) is 0 Å². The summed E-state index contributed by atoms with van der Waals surface area (Å²) >= 11 is 6.31. The van der Waals surface area contributed by atoms with Gasteiger partial charge in [0.25, 0.3) is 10.0 Å². The molecule has 0 saturated heterocycles. The minimum Gasteiger partial charge on any atom is -0.618 e. The second-order valence-corrected chi connectivity index (χ2v) is 7.78. The highest BCUT2D eigenvalue weighted by atomic mass is 35.5. The fraction of sp³-hybridized carbons (Fsp3) is 0. The summed E-state index contributed by atoms with van der Waals surface area (Å²) in [6.45, 7) is 0. The van der Waals surface area contributed by atoms with Crippen molar-refractivity contribution in [1.82, 2.24) is 8.96 Å². The molecule has 3 aromatic heterocycles. The van der Waals surface area contributed by atoms with Crippen LogP contribution < -0.4 is 4.73 Å². The van der Waals surface area contributed by atoms with Gasteiger partial charge >= 0.3 is 0 Å². The van der Waals surface area contributed by atoms with Crippen LogP contribution in [0.15, 0.2) is 78.1 Å². The van der Waals surface area contributed by atoms with E-state index < -0.39 is 10.0 Å². The molecule has 130 valence electrons. The van der Waals surface area contributed by atoms with E-state index in [9.17, 15) is 13.6 Å². The highest BCUT2D eigenvalue weighted by Gasteiger charge is 2.26. The SMILES string of the molecule is O=S(=O)(c1ccccc1)n1cc(-c2cccc[n+]2[O-])c2c(Cl)ccnc21. The molecule has 1 aromatic carbocycles. The van der Waals surface area contributed by atoms with Crippen LogP contribution in [0.25, 0.3) is 22.3 Å². The van der Waals surface area contributed by atoms with Crippen molar-refractivity contribution >= 4 is 32.7 Å². The van der Waals surface area contributed by atoms with Gasteiger partial charge in [-0.1, -0.05) is 29.8 Å². The number of pyridine rings is 2. The fourth-order valence-electron chi connectivity index (χ4n) is 2.81. The summed E-state index contributed by atoms with van der Waals surface area (Å²) in [5.74, 6) is 0. The molecular formula is C18H12ClN3O3S. The first kappa shape index (κ1) is 16.6. The Morgan fingerprint density at radius 1 is 1.04 bits per heavy atom. The molecule has 0 radical (unpaired) electrons. The zero-order chi connectivity index (χ0) is 18.3. The van der Waals surface area contributed by atoms with Gasteiger partial charge in [-0.25, -0.2) is 17.4 Å². The predicted molar refractivity (Wildman–Crippen MR) is 98.2 cm³/mol. The summed E-state index contributed by atoms with van der Waals surface area (Å²) in [4.78, 5) is 4.32. The molecule has 3 heterocycles. The third-order valence-electron chi connectivity index (χ3n) is 4.00. The van der Waals surface area contributed by atoms with Gasteiger partial charge in [-0.3, -0.25) is 0 Å². The van der Waals surface area contributed by atoms with E-state index in [0.717, 1.165) is 3.97 Å². The number of nitrogens with zero attached hydrogens (tertiary/aromatic N) is 3. The first-order chi connectivity index (χ1) is 12.5. The van der Waals surface area contributed by atoms with E-state index in [1.54, 1.807) is 42.5 Å². The number of aromatic nitrogens is 3. The first-order valence-electron chi connectivity index (χ1n) is 7.65. The summed E-state index contributed by atoms with van der Waals surface area (Å²) in [5.41, 5.74) is 0.850. The molecule has 0 unspecified atom stereocenters. The maximum absolute atomic E-state index is 13.1. The van der Waals surface area contributed by atoms with Crippen molar-refractivity contribution in [1.29, 1.82) is 0 Å². The summed E-state index contributed by atoms with van der Waals surface area (Å²) < 4.78 is 27.9. The van der Waals surface area contributed by atoms with E-state index in [4.69, 9.17) is 11.6 Å². The van der Waals surface area contributed by atoms with Crippen LogP contribution in [0.2, 0.25) is 5.02 Å². The van der Waals surface area contributed by atoms with Crippen LogP contribution in [-0.2, 0) is 10.0 Å². The van der Waals surface area contributed by atoms with Gasteiger partial charge < -0.3 is 5.21 Å². The Hall–Kier alpha value is -2.90. The van der Waals surface area contributed by atoms with Crippen LogP contribution in [0.4, 0.5) is 0 Å². The van der Waals surface area contributed by atoms with Crippen molar-refractivity contribution < 1.29 is 13.1 Å². The summed E-state index contributed by atoms with van der Waals surface area (Å²) in [7, 11) is -3.90. The standard InChI is InChI=1S/C18H12ClN3O3S/c19-15-9-10-20-18-17(15)14(16-8-4-5-11-21(16)23)12-22(18)26(24,25)13-6-2-1-3-7-13/h1-12H. The molecule has 0 aliphatic carbocycles. The average Bonchev–Trinajstić information content (AvgIpc) is 3.04. The molecule has 0 N–H and O–H groups in total. The van der Waals surface area contributed by atoms with Crippen molar-refractivity contribution in [3.8, 4) is 11.3 Å². The highest BCUT2D eigenvalue weighted by Crippen LogP contribution is 2.34. The van der Waals surface area contributed by atoms with Crippen molar-refractivity contribution in [2.45, 2.75) is 4.90 Å². The summed E-state index contributed by atoms with van der Waals surface area (Å²) in [6.07, 6.45) is 4.16. The maximum atomic E-state index is 13.1. The van der Waals surface area contributed by atoms with E-state index in [0.29, 0.717) is 20.7 Å². The van der Waals surface area contributed by atoms with Crippen LogP contribution in [0.5, 0.6) is 0 Å². The lowest BCUT2D eigenvalue weighted by molar-refractivity contribution is -0.593. The fourth-order valence-corrected chi connectivity index (χ4v) is 4.39. The second kappa shape index (κ2) is 6.12. The second-order valence-electron chi connectivity index (χ2n) is 5.56. The number of hydrogen-bond acceptors (Lipinski definition) is 4. The highest BCUT2D eigenvalue weighted by molar-refractivity contribution is 7.90. The lowest BCUT2D eigenvalue weighted by atomic mass is 10.1. The van der Waals surface area contributed by atoms with Crippen molar-refractivity contribution in [2.24, 2.45) is 0 Å². The summed E-state index contributed by atoms with van der Waals surface area (Å²) in [6, 6.07) is 14.5.